The third kappa shape index (κ3) is 3.08. The molecule has 0 N–H and O–H groups in total. The summed E-state index contributed by atoms with van der Waals surface area (Å²) in [6, 6.07) is 5.46. The molecule has 1 aliphatic rings. The zero-order valence-electron chi connectivity index (χ0n) is 13.2. The molecule has 1 aliphatic heterocycles. The van der Waals surface area contributed by atoms with E-state index in [0.29, 0.717) is 18.1 Å². The zero-order valence-corrected chi connectivity index (χ0v) is 13.2. The van der Waals surface area contributed by atoms with Crippen molar-refractivity contribution in [2.24, 2.45) is 0 Å². The fraction of sp³-hybridized carbons (Fsp3) is 0.375. The van der Waals surface area contributed by atoms with Crippen molar-refractivity contribution >= 4 is 11.7 Å². The third-order valence-corrected chi connectivity index (χ3v) is 4.05. The molecule has 7 heteroatoms. The Labute approximate surface area is 134 Å². The summed E-state index contributed by atoms with van der Waals surface area (Å²) in [5.41, 5.74) is 0.463. The third-order valence-electron chi connectivity index (χ3n) is 4.05. The number of likely N-dealkylation sites (N-methyl/N-ethyl adjacent to an activating group) is 1. The van der Waals surface area contributed by atoms with E-state index >= 15 is 0 Å². The molecule has 1 amide bonds. The van der Waals surface area contributed by atoms with Crippen LogP contribution in [-0.2, 0) is 0 Å². The average molecular weight is 313 g/mol. The van der Waals surface area contributed by atoms with Crippen molar-refractivity contribution in [1.29, 1.82) is 0 Å². The fourth-order valence-corrected chi connectivity index (χ4v) is 2.76. The van der Waals surface area contributed by atoms with Crippen LogP contribution >= 0.6 is 0 Å². The Morgan fingerprint density at radius 3 is 2.83 bits per heavy atom. The highest BCUT2D eigenvalue weighted by Crippen LogP contribution is 2.27. The monoisotopic (exact) mass is 313 g/mol. The number of aromatic nitrogens is 3. The molecule has 7 nitrogen and oxygen atoms in total. The second kappa shape index (κ2) is 6.60. The number of carbonyl (C=O) groups excluding carboxylic acids is 1. The number of amides is 1. The first-order valence-corrected chi connectivity index (χ1v) is 7.49. The number of pyridine rings is 1. The molecule has 1 atom stereocenters. The van der Waals surface area contributed by atoms with E-state index in [9.17, 15) is 4.79 Å². The maximum Gasteiger partial charge on any atom is 0.272 e. The Morgan fingerprint density at radius 2 is 2.09 bits per heavy atom. The molecule has 1 unspecified atom stereocenters. The Hall–Kier alpha value is -2.70. The van der Waals surface area contributed by atoms with Crippen LogP contribution in [0.25, 0.3) is 0 Å². The van der Waals surface area contributed by atoms with Crippen molar-refractivity contribution in [2.45, 2.75) is 12.5 Å². The number of methoxy groups -OCH3 is 1. The second-order valence-electron chi connectivity index (χ2n) is 5.41. The van der Waals surface area contributed by atoms with Gasteiger partial charge in [-0.05, 0) is 18.6 Å². The molecule has 2 aromatic heterocycles. The Bertz CT molecular complexity index is 679. The SMILES string of the molecule is COc1nccnc1N1CCC(N(C)C(=O)c2ccccn2)C1. The van der Waals surface area contributed by atoms with Crippen LogP contribution in [0, 0.1) is 0 Å². The summed E-state index contributed by atoms with van der Waals surface area (Å²) in [6.45, 7) is 1.50. The summed E-state index contributed by atoms with van der Waals surface area (Å²) in [4.78, 5) is 29.0. The van der Waals surface area contributed by atoms with E-state index in [0.717, 1.165) is 18.8 Å². The molecular formula is C16H19N5O2. The quantitative estimate of drug-likeness (QED) is 0.845. The molecule has 2 aromatic rings. The molecule has 1 saturated heterocycles. The number of nitrogens with zero attached hydrogens (tertiary/aromatic N) is 5. The van der Waals surface area contributed by atoms with Crippen molar-refractivity contribution in [3.8, 4) is 5.88 Å². The molecule has 0 bridgehead atoms. The molecule has 1 fully saturated rings. The minimum atomic E-state index is -0.0661. The standard InChI is InChI=1S/C16H19N5O2/c1-20(16(22)13-5-3-4-7-17-13)12-6-10-21(11-12)14-15(23-2)19-9-8-18-14/h3-5,7-9,12H,6,10-11H2,1-2H3. The first-order valence-electron chi connectivity index (χ1n) is 7.49. The number of hydrogen-bond donors (Lipinski definition) is 0. The number of rotatable bonds is 4. The van der Waals surface area contributed by atoms with Gasteiger partial charge in [0.25, 0.3) is 11.8 Å². The lowest BCUT2D eigenvalue weighted by Crippen LogP contribution is -2.39. The number of anilines is 1. The van der Waals surface area contributed by atoms with Crippen LogP contribution < -0.4 is 9.64 Å². The summed E-state index contributed by atoms with van der Waals surface area (Å²) in [6.07, 6.45) is 5.75. The summed E-state index contributed by atoms with van der Waals surface area (Å²) in [7, 11) is 3.40. The average Bonchev–Trinajstić information content (AvgIpc) is 3.11. The van der Waals surface area contributed by atoms with Crippen LogP contribution in [0.2, 0.25) is 0 Å². The van der Waals surface area contributed by atoms with Crippen LogP contribution in [0.5, 0.6) is 5.88 Å². The van der Waals surface area contributed by atoms with Crippen molar-refractivity contribution in [3.05, 3.63) is 42.5 Å². The van der Waals surface area contributed by atoms with Gasteiger partial charge in [0.1, 0.15) is 5.69 Å². The molecule has 23 heavy (non-hydrogen) atoms. The van der Waals surface area contributed by atoms with Gasteiger partial charge in [0.2, 0.25) is 0 Å². The molecule has 0 aromatic carbocycles. The molecule has 3 heterocycles. The molecular weight excluding hydrogens is 294 g/mol. The van der Waals surface area contributed by atoms with Crippen molar-refractivity contribution in [2.75, 3.05) is 32.1 Å². The van der Waals surface area contributed by atoms with Crippen molar-refractivity contribution in [1.82, 2.24) is 19.9 Å². The van der Waals surface area contributed by atoms with E-state index < -0.39 is 0 Å². The van der Waals surface area contributed by atoms with E-state index in [1.807, 2.05) is 13.1 Å². The molecule has 3 rings (SSSR count). The smallest absolute Gasteiger partial charge is 0.272 e. The lowest BCUT2D eigenvalue weighted by molar-refractivity contribution is 0.0739. The van der Waals surface area contributed by atoms with Gasteiger partial charge >= 0.3 is 0 Å². The van der Waals surface area contributed by atoms with Gasteiger partial charge in [0, 0.05) is 38.7 Å². The number of ether oxygens (including phenoxy) is 1. The number of hydrogen-bond acceptors (Lipinski definition) is 6. The van der Waals surface area contributed by atoms with E-state index in [1.54, 1.807) is 42.7 Å². The van der Waals surface area contributed by atoms with Gasteiger partial charge in [0.05, 0.1) is 13.2 Å². The highest BCUT2D eigenvalue weighted by molar-refractivity contribution is 5.92. The largest absolute Gasteiger partial charge is 0.478 e. The molecule has 0 saturated carbocycles. The Kier molecular flexibility index (Phi) is 4.36. The van der Waals surface area contributed by atoms with Crippen LogP contribution in [-0.4, -0.2) is 59.0 Å². The van der Waals surface area contributed by atoms with Gasteiger partial charge in [-0.2, -0.15) is 0 Å². The minimum absolute atomic E-state index is 0.0661. The number of carbonyl (C=O) groups is 1. The topological polar surface area (TPSA) is 71.5 Å². The van der Waals surface area contributed by atoms with Gasteiger partial charge in [-0.15, -0.1) is 0 Å². The van der Waals surface area contributed by atoms with Crippen LogP contribution in [0.3, 0.4) is 0 Å². The molecule has 0 aliphatic carbocycles. The molecule has 0 spiro atoms. The van der Waals surface area contributed by atoms with Crippen LogP contribution in [0.15, 0.2) is 36.8 Å². The summed E-state index contributed by atoms with van der Waals surface area (Å²) in [5, 5.41) is 0. The zero-order chi connectivity index (χ0) is 16.2. The van der Waals surface area contributed by atoms with Crippen LogP contribution in [0.1, 0.15) is 16.9 Å². The highest BCUT2D eigenvalue weighted by atomic mass is 16.5. The summed E-state index contributed by atoms with van der Waals surface area (Å²) < 4.78 is 5.26. The van der Waals surface area contributed by atoms with Gasteiger partial charge < -0.3 is 14.5 Å². The maximum absolute atomic E-state index is 12.5. The van der Waals surface area contributed by atoms with Gasteiger partial charge in [-0.25, -0.2) is 9.97 Å². The second-order valence-corrected chi connectivity index (χ2v) is 5.41. The lowest BCUT2D eigenvalue weighted by Gasteiger charge is -2.25. The minimum Gasteiger partial charge on any atom is -0.478 e. The van der Waals surface area contributed by atoms with E-state index in [1.165, 1.54) is 0 Å². The predicted octanol–water partition coefficient (Wildman–Crippen LogP) is 1.23. The first kappa shape index (κ1) is 15.2. The van der Waals surface area contributed by atoms with E-state index in [4.69, 9.17) is 4.74 Å². The van der Waals surface area contributed by atoms with Crippen molar-refractivity contribution < 1.29 is 9.53 Å². The summed E-state index contributed by atoms with van der Waals surface area (Å²) >= 11 is 0. The van der Waals surface area contributed by atoms with Gasteiger partial charge in [0.15, 0.2) is 5.82 Å². The predicted molar refractivity (Wildman–Crippen MR) is 85.5 cm³/mol. The highest BCUT2D eigenvalue weighted by Gasteiger charge is 2.31. The van der Waals surface area contributed by atoms with Crippen LogP contribution in [0.4, 0.5) is 5.82 Å². The summed E-state index contributed by atoms with van der Waals surface area (Å²) in [5.74, 6) is 1.16. The van der Waals surface area contributed by atoms with E-state index in [-0.39, 0.29) is 11.9 Å². The lowest BCUT2D eigenvalue weighted by atomic mass is 10.2. The Balaban J connectivity index is 1.71. The maximum atomic E-state index is 12.5. The van der Waals surface area contributed by atoms with Gasteiger partial charge in [-0.1, -0.05) is 6.07 Å². The normalized spacial score (nSPS) is 17.1. The van der Waals surface area contributed by atoms with Gasteiger partial charge in [-0.3, -0.25) is 9.78 Å². The molecule has 120 valence electrons. The first-order chi connectivity index (χ1) is 11.2. The van der Waals surface area contributed by atoms with E-state index in [2.05, 4.69) is 19.9 Å². The van der Waals surface area contributed by atoms with Crippen molar-refractivity contribution in [3.63, 3.8) is 0 Å². The molecule has 0 radical (unpaired) electrons. The Morgan fingerprint density at radius 1 is 1.26 bits per heavy atom. The fourth-order valence-electron chi connectivity index (χ4n) is 2.76.